The van der Waals surface area contributed by atoms with Gasteiger partial charge in [0.05, 0.1) is 6.54 Å². The molecule has 0 spiro atoms. The van der Waals surface area contributed by atoms with Gasteiger partial charge in [-0.15, -0.1) is 0 Å². The normalized spacial score (nSPS) is 17.3. The molecule has 1 heterocycles. The summed E-state index contributed by atoms with van der Waals surface area (Å²) in [5, 5.41) is 11.6. The van der Waals surface area contributed by atoms with Gasteiger partial charge in [0.1, 0.15) is 0 Å². The molecule has 0 aromatic carbocycles. The number of likely N-dealkylation sites (N-methyl/N-ethyl adjacent to an activating group) is 1. The molecule has 0 saturated carbocycles. The molecule has 1 fully saturated rings. The van der Waals surface area contributed by atoms with Crippen LogP contribution in [0.15, 0.2) is 0 Å². The van der Waals surface area contributed by atoms with Crippen LogP contribution in [-0.4, -0.2) is 91.7 Å². The number of carbonyl (C=O) groups is 2. The molecule has 7 nitrogen and oxygen atoms in total. The topological polar surface area (TPSA) is 76.1 Å². The van der Waals surface area contributed by atoms with E-state index in [1.165, 1.54) is 0 Å². The standard InChI is InChI=1S/C12H24N4O3/c1-14(2)7-4-13-12(19)16-6-3-5-15(8-9-16)10-11(17)18/h3-10H2,1-2H3,(H,13,19)(H,17,18). The Morgan fingerprint density at radius 3 is 2.58 bits per heavy atom. The first-order valence-electron chi connectivity index (χ1n) is 6.60. The molecule has 0 radical (unpaired) electrons. The summed E-state index contributed by atoms with van der Waals surface area (Å²) in [7, 11) is 3.92. The van der Waals surface area contributed by atoms with Gasteiger partial charge >= 0.3 is 12.0 Å². The molecule has 0 atom stereocenters. The molecular formula is C12H24N4O3. The summed E-state index contributed by atoms with van der Waals surface area (Å²) in [6.45, 7) is 4.11. The zero-order chi connectivity index (χ0) is 14.3. The number of nitrogens with one attached hydrogen (secondary N) is 1. The van der Waals surface area contributed by atoms with E-state index >= 15 is 0 Å². The van der Waals surface area contributed by atoms with E-state index < -0.39 is 5.97 Å². The Kier molecular flexibility index (Phi) is 6.58. The molecule has 19 heavy (non-hydrogen) atoms. The molecule has 0 aliphatic carbocycles. The highest BCUT2D eigenvalue weighted by Crippen LogP contribution is 2.03. The molecule has 1 aliphatic heterocycles. The summed E-state index contributed by atoms with van der Waals surface area (Å²) in [5.74, 6) is -0.816. The molecular weight excluding hydrogens is 248 g/mol. The van der Waals surface area contributed by atoms with Crippen LogP contribution in [0.5, 0.6) is 0 Å². The fraction of sp³-hybridized carbons (Fsp3) is 0.833. The van der Waals surface area contributed by atoms with E-state index in [0.29, 0.717) is 26.2 Å². The average Bonchev–Trinajstić information content (AvgIpc) is 2.53. The van der Waals surface area contributed by atoms with E-state index in [1.54, 1.807) is 4.90 Å². The number of carbonyl (C=O) groups excluding carboxylic acids is 1. The Labute approximate surface area is 114 Å². The number of nitrogens with zero attached hydrogens (tertiary/aromatic N) is 3. The van der Waals surface area contributed by atoms with Gasteiger partial charge in [-0.1, -0.05) is 0 Å². The molecule has 0 aromatic heterocycles. The van der Waals surface area contributed by atoms with Crippen molar-refractivity contribution in [3.8, 4) is 0 Å². The lowest BCUT2D eigenvalue weighted by Crippen LogP contribution is -2.44. The maximum Gasteiger partial charge on any atom is 0.317 e. The lowest BCUT2D eigenvalue weighted by molar-refractivity contribution is -0.138. The first-order valence-corrected chi connectivity index (χ1v) is 6.60. The summed E-state index contributed by atoms with van der Waals surface area (Å²) in [4.78, 5) is 28.2. The minimum atomic E-state index is -0.816. The molecule has 0 bridgehead atoms. The minimum Gasteiger partial charge on any atom is -0.480 e. The molecule has 7 heteroatoms. The van der Waals surface area contributed by atoms with E-state index in [9.17, 15) is 9.59 Å². The zero-order valence-electron chi connectivity index (χ0n) is 11.8. The van der Waals surface area contributed by atoms with Crippen LogP contribution in [-0.2, 0) is 4.79 Å². The Hall–Kier alpha value is -1.34. The second-order valence-electron chi connectivity index (χ2n) is 5.05. The summed E-state index contributed by atoms with van der Waals surface area (Å²) in [6.07, 6.45) is 0.814. The second-order valence-corrected chi connectivity index (χ2v) is 5.05. The summed E-state index contributed by atoms with van der Waals surface area (Å²) < 4.78 is 0. The largest absolute Gasteiger partial charge is 0.480 e. The first kappa shape index (κ1) is 15.7. The molecule has 0 aromatic rings. The van der Waals surface area contributed by atoms with Gasteiger partial charge in [0.15, 0.2) is 0 Å². The highest BCUT2D eigenvalue weighted by molar-refractivity contribution is 5.74. The predicted octanol–water partition coefficient (Wildman–Crippen LogP) is -0.650. The fourth-order valence-corrected chi connectivity index (χ4v) is 2.02. The van der Waals surface area contributed by atoms with Crippen LogP contribution >= 0.6 is 0 Å². The van der Waals surface area contributed by atoms with Crippen molar-refractivity contribution in [2.45, 2.75) is 6.42 Å². The Morgan fingerprint density at radius 1 is 1.21 bits per heavy atom. The smallest absolute Gasteiger partial charge is 0.317 e. The Morgan fingerprint density at radius 2 is 1.95 bits per heavy atom. The number of rotatable bonds is 5. The van der Waals surface area contributed by atoms with Crippen LogP contribution in [0.4, 0.5) is 4.79 Å². The maximum absolute atomic E-state index is 11.9. The van der Waals surface area contributed by atoms with Crippen molar-refractivity contribution in [1.82, 2.24) is 20.0 Å². The van der Waals surface area contributed by atoms with Crippen LogP contribution in [0.25, 0.3) is 0 Å². The third-order valence-electron chi connectivity index (χ3n) is 3.07. The summed E-state index contributed by atoms with van der Waals surface area (Å²) >= 11 is 0. The first-order chi connectivity index (χ1) is 8.99. The lowest BCUT2D eigenvalue weighted by Gasteiger charge is -2.22. The molecule has 2 amide bonds. The average molecular weight is 272 g/mol. The number of carboxylic acids is 1. The van der Waals surface area contributed by atoms with Gasteiger partial charge in [-0.3, -0.25) is 9.69 Å². The summed E-state index contributed by atoms with van der Waals surface area (Å²) in [6, 6.07) is -0.0565. The van der Waals surface area contributed by atoms with Crippen LogP contribution < -0.4 is 5.32 Å². The third kappa shape index (κ3) is 6.40. The SMILES string of the molecule is CN(C)CCNC(=O)N1CCCN(CC(=O)O)CC1. The van der Waals surface area contributed by atoms with Crippen molar-refractivity contribution >= 4 is 12.0 Å². The van der Waals surface area contributed by atoms with Gasteiger partial charge < -0.3 is 20.2 Å². The number of hydrogen-bond donors (Lipinski definition) is 2. The molecule has 1 saturated heterocycles. The van der Waals surface area contributed by atoms with Crippen molar-refractivity contribution in [2.75, 3.05) is 59.9 Å². The number of hydrogen-bond acceptors (Lipinski definition) is 4. The van der Waals surface area contributed by atoms with E-state index in [0.717, 1.165) is 19.5 Å². The molecule has 0 unspecified atom stereocenters. The number of aliphatic carboxylic acids is 1. The van der Waals surface area contributed by atoms with Crippen molar-refractivity contribution in [1.29, 1.82) is 0 Å². The summed E-state index contributed by atoms with van der Waals surface area (Å²) in [5.41, 5.74) is 0. The lowest BCUT2D eigenvalue weighted by atomic mass is 10.4. The van der Waals surface area contributed by atoms with Crippen LogP contribution in [0, 0.1) is 0 Å². The van der Waals surface area contributed by atoms with Gasteiger partial charge in [0.2, 0.25) is 0 Å². The van der Waals surface area contributed by atoms with Gasteiger partial charge in [-0.2, -0.15) is 0 Å². The molecule has 110 valence electrons. The quantitative estimate of drug-likeness (QED) is 0.695. The third-order valence-corrected chi connectivity index (χ3v) is 3.07. The van der Waals surface area contributed by atoms with Crippen molar-refractivity contribution in [3.05, 3.63) is 0 Å². The van der Waals surface area contributed by atoms with E-state index in [1.807, 2.05) is 23.9 Å². The van der Waals surface area contributed by atoms with Crippen molar-refractivity contribution < 1.29 is 14.7 Å². The maximum atomic E-state index is 11.9. The Bertz CT molecular complexity index is 309. The van der Waals surface area contributed by atoms with Gasteiger partial charge in [0, 0.05) is 39.3 Å². The Balaban J connectivity index is 2.31. The zero-order valence-corrected chi connectivity index (χ0v) is 11.8. The highest BCUT2D eigenvalue weighted by Gasteiger charge is 2.19. The van der Waals surface area contributed by atoms with Gasteiger partial charge in [-0.25, -0.2) is 4.79 Å². The van der Waals surface area contributed by atoms with Crippen LogP contribution in [0.1, 0.15) is 6.42 Å². The van der Waals surface area contributed by atoms with Crippen molar-refractivity contribution in [3.63, 3.8) is 0 Å². The van der Waals surface area contributed by atoms with E-state index in [4.69, 9.17) is 5.11 Å². The monoisotopic (exact) mass is 272 g/mol. The van der Waals surface area contributed by atoms with Crippen LogP contribution in [0.2, 0.25) is 0 Å². The van der Waals surface area contributed by atoms with E-state index in [-0.39, 0.29) is 12.6 Å². The molecule has 2 N–H and O–H groups in total. The molecule has 1 aliphatic rings. The highest BCUT2D eigenvalue weighted by atomic mass is 16.4. The van der Waals surface area contributed by atoms with Gasteiger partial charge in [-0.05, 0) is 20.5 Å². The fourth-order valence-electron chi connectivity index (χ4n) is 2.02. The van der Waals surface area contributed by atoms with Crippen LogP contribution in [0.3, 0.4) is 0 Å². The predicted molar refractivity (Wildman–Crippen MR) is 72.2 cm³/mol. The van der Waals surface area contributed by atoms with E-state index in [2.05, 4.69) is 5.32 Å². The number of amides is 2. The number of carboxylic acid groups (broad SMARTS) is 1. The van der Waals surface area contributed by atoms with Gasteiger partial charge in [0.25, 0.3) is 0 Å². The number of urea groups is 1. The minimum absolute atomic E-state index is 0.0517. The van der Waals surface area contributed by atoms with Crippen molar-refractivity contribution in [2.24, 2.45) is 0 Å². The second kappa shape index (κ2) is 7.96. The molecule has 1 rings (SSSR count).